The summed E-state index contributed by atoms with van der Waals surface area (Å²) in [4.78, 5) is 42.3. The molecule has 12 nitrogen and oxygen atoms in total. The van der Waals surface area contributed by atoms with Gasteiger partial charge in [-0.25, -0.2) is 26.4 Å². The van der Waals surface area contributed by atoms with Gasteiger partial charge in [-0.1, -0.05) is 24.3 Å². The van der Waals surface area contributed by atoms with Gasteiger partial charge in [0.15, 0.2) is 11.2 Å². The standard InChI is InChI=1S/C44H53F2N5O7S2/c1-44(2)28-51(60(56)50(20-22-57-3)21-23-58-4)19-18-49(44)27-30-8-7-9-32(24-30)40(52)48-42-39(35-10-5-6-11-38(35)59-42)41(53)47-33-25-36(45)34(37(46)26-33)17-14-29-12-15-31(16-13-29)43(54)55/h7-9,12-13,15-16,24-26H,5-6,10-11,14,17-23,27-28H2,1-4H3,(H,47,53)(H,48,52)(H,54,55). The molecule has 1 aliphatic carbocycles. The summed E-state index contributed by atoms with van der Waals surface area (Å²) in [5, 5.41) is 15.2. The molecule has 4 aromatic rings. The molecular weight excluding hydrogens is 813 g/mol. The minimum atomic E-state index is -1.36. The number of hydrogen-bond acceptors (Lipinski definition) is 8. The van der Waals surface area contributed by atoms with Crippen molar-refractivity contribution in [2.45, 2.75) is 64.5 Å². The number of thiophene rings is 1. The van der Waals surface area contributed by atoms with Crippen LogP contribution < -0.4 is 10.6 Å². The summed E-state index contributed by atoms with van der Waals surface area (Å²) >= 11 is -0.00225. The Morgan fingerprint density at radius 1 is 0.867 bits per heavy atom. The number of anilines is 2. The van der Waals surface area contributed by atoms with Crippen molar-refractivity contribution in [3.63, 3.8) is 0 Å². The molecule has 16 heteroatoms. The molecule has 1 fully saturated rings. The average molecular weight is 866 g/mol. The number of nitrogens with one attached hydrogen (secondary N) is 2. The van der Waals surface area contributed by atoms with Gasteiger partial charge in [0.2, 0.25) is 0 Å². The zero-order valence-electron chi connectivity index (χ0n) is 34.5. The third kappa shape index (κ3) is 11.1. The van der Waals surface area contributed by atoms with Gasteiger partial charge in [0.05, 0.1) is 24.3 Å². The lowest BCUT2D eigenvalue weighted by Crippen LogP contribution is -2.60. The zero-order chi connectivity index (χ0) is 43.0. The number of carbonyl (C=O) groups is 3. The first-order valence-corrected chi connectivity index (χ1v) is 22.0. The minimum absolute atomic E-state index is 0.0362. The third-order valence-corrected chi connectivity index (χ3v) is 13.8. The summed E-state index contributed by atoms with van der Waals surface area (Å²) in [5.74, 6) is -3.62. The highest BCUT2D eigenvalue weighted by Crippen LogP contribution is 2.39. The van der Waals surface area contributed by atoms with Crippen LogP contribution in [0.3, 0.4) is 0 Å². The number of piperazine rings is 1. The van der Waals surface area contributed by atoms with Gasteiger partial charge in [0, 0.05) is 80.7 Å². The maximum Gasteiger partial charge on any atom is 0.335 e. The summed E-state index contributed by atoms with van der Waals surface area (Å²) in [6, 6.07) is 15.7. The van der Waals surface area contributed by atoms with E-state index >= 15 is 8.78 Å². The molecule has 0 spiro atoms. The molecule has 1 saturated heterocycles. The topological polar surface area (TPSA) is 141 Å². The largest absolute Gasteiger partial charge is 0.478 e. The van der Waals surface area contributed by atoms with Crippen LogP contribution in [0.25, 0.3) is 0 Å². The summed E-state index contributed by atoms with van der Waals surface area (Å²) in [6.45, 7) is 8.60. The smallest absolute Gasteiger partial charge is 0.335 e. The van der Waals surface area contributed by atoms with Crippen LogP contribution in [-0.2, 0) is 52.9 Å². The predicted molar refractivity (Wildman–Crippen MR) is 230 cm³/mol. The van der Waals surface area contributed by atoms with Gasteiger partial charge < -0.3 is 25.2 Å². The van der Waals surface area contributed by atoms with Crippen LogP contribution in [0.4, 0.5) is 19.5 Å². The van der Waals surface area contributed by atoms with E-state index in [9.17, 15) is 18.6 Å². The molecule has 2 amide bonds. The molecule has 322 valence electrons. The van der Waals surface area contributed by atoms with Crippen LogP contribution in [0.5, 0.6) is 0 Å². The van der Waals surface area contributed by atoms with Gasteiger partial charge >= 0.3 is 5.97 Å². The van der Waals surface area contributed by atoms with E-state index < -0.39 is 34.7 Å². The molecule has 60 heavy (non-hydrogen) atoms. The Kier molecular flexibility index (Phi) is 15.4. The fourth-order valence-electron chi connectivity index (χ4n) is 7.68. The number of amides is 2. The molecule has 1 aromatic heterocycles. The Balaban J connectivity index is 1.12. The number of methoxy groups -OCH3 is 2. The Bertz CT molecular complexity index is 2170. The number of benzene rings is 3. The lowest BCUT2D eigenvalue weighted by atomic mass is 9.95. The number of aromatic carboxylic acids is 1. The molecule has 3 aromatic carbocycles. The quantitative estimate of drug-likeness (QED) is 0.0976. The highest BCUT2D eigenvalue weighted by Gasteiger charge is 2.37. The molecule has 3 N–H and O–H groups in total. The molecule has 2 aliphatic rings. The van der Waals surface area contributed by atoms with Crippen LogP contribution in [0, 0.1) is 11.6 Å². The maximum atomic E-state index is 15.3. The van der Waals surface area contributed by atoms with Crippen molar-refractivity contribution in [1.82, 2.24) is 13.5 Å². The Hall–Kier alpha value is -4.42. The van der Waals surface area contributed by atoms with Crippen molar-refractivity contribution in [2.24, 2.45) is 0 Å². The molecule has 1 atom stereocenters. The molecule has 1 unspecified atom stereocenters. The van der Waals surface area contributed by atoms with Crippen molar-refractivity contribution >= 4 is 51.0 Å². The number of hydrogen-bond donors (Lipinski definition) is 3. The van der Waals surface area contributed by atoms with Crippen molar-refractivity contribution in [1.29, 1.82) is 0 Å². The van der Waals surface area contributed by atoms with Crippen LogP contribution in [0.2, 0.25) is 0 Å². The summed E-state index contributed by atoms with van der Waals surface area (Å²) in [7, 11) is 3.25. The Labute approximate surface area is 356 Å². The minimum Gasteiger partial charge on any atom is -0.478 e. The van der Waals surface area contributed by atoms with E-state index in [0.29, 0.717) is 75.0 Å². The second-order valence-electron chi connectivity index (χ2n) is 15.7. The first-order valence-electron chi connectivity index (χ1n) is 20.1. The first-order chi connectivity index (χ1) is 28.8. The van der Waals surface area contributed by atoms with Crippen LogP contribution >= 0.6 is 11.3 Å². The van der Waals surface area contributed by atoms with Crippen molar-refractivity contribution in [2.75, 3.05) is 70.8 Å². The van der Waals surface area contributed by atoms with Gasteiger partial charge in [-0.05, 0) is 105 Å². The van der Waals surface area contributed by atoms with Crippen molar-refractivity contribution in [3.05, 3.63) is 116 Å². The van der Waals surface area contributed by atoms with E-state index in [0.717, 1.165) is 53.0 Å². The van der Waals surface area contributed by atoms with Gasteiger partial charge in [-0.3, -0.25) is 14.5 Å². The number of aryl methyl sites for hydroxylation is 2. The number of rotatable bonds is 18. The van der Waals surface area contributed by atoms with E-state index in [1.807, 2.05) is 26.8 Å². The molecule has 6 rings (SSSR count). The van der Waals surface area contributed by atoms with E-state index in [-0.39, 0.29) is 41.1 Å². The van der Waals surface area contributed by atoms with E-state index in [4.69, 9.17) is 14.6 Å². The number of carboxylic acids is 1. The van der Waals surface area contributed by atoms with Gasteiger partial charge in [0.25, 0.3) is 11.8 Å². The second-order valence-corrected chi connectivity index (χ2v) is 18.3. The van der Waals surface area contributed by atoms with E-state index in [2.05, 4.69) is 29.4 Å². The zero-order valence-corrected chi connectivity index (χ0v) is 36.1. The van der Waals surface area contributed by atoms with E-state index in [1.54, 1.807) is 32.4 Å². The molecule has 0 saturated carbocycles. The number of carboxylic acid groups (broad SMARTS) is 1. The number of ether oxygens (including phenoxy) is 2. The Morgan fingerprint density at radius 2 is 1.55 bits per heavy atom. The second kappa shape index (κ2) is 20.4. The molecule has 0 bridgehead atoms. The fourth-order valence-corrected chi connectivity index (χ4v) is 10.4. The monoisotopic (exact) mass is 865 g/mol. The summed E-state index contributed by atoms with van der Waals surface area (Å²) in [5.41, 5.74) is 2.83. The lowest BCUT2D eigenvalue weighted by Gasteiger charge is -2.47. The van der Waals surface area contributed by atoms with Gasteiger partial charge in [-0.2, -0.15) is 0 Å². The van der Waals surface area contributed by atoms with Crippen molar-refractivity contribution < 1.29 is 42.0 Å². The number of nitrogens with zero attached hydrogens (tertiary/aromatic N) is 3. The lowest BCUT2D eigenvalue weighted by molar-refractivity contribution is 0.0465. The number of fused-ring (bicyclic) bond motifs is 1. The molecule has 0 radical (unpaired) electrons. The van der Waals surface area contributed by atoms with Crippen LogP contribution in [-0.4, -0.2) is 106 Å². The first kappa shape index (κ1) is 45.1. The fraction of sp³-hybridized carbons (Fsp3) is 0.432. The van der Waals surface area contributed by atoms with Crippen molar-refractivity contribution in [3.8, 4) is 0 Å². The Morgan fingerprint density at radius 3 is 2.20 bits per heavy atom. The van der Waals surface area contributed by atoms with E-state index in [1.165, 1.54) is 23.5 Å². The normalized spacial score (nSPS) is 16.1. The van der Waals surface area contributed by atoms with Gasteiger partial charge in [0.1, 0.15) is 16.6 Å². The molecule has 1 aliphatic heterocycles. The number of carbonyl (C=O) groups excluding carboxylic acids is 2. The average Bonchev–Trinajstić information content (AvgIpc) is 3.59. The molecular formula is C44H53F2N5O7S2. The SMILES string of the molecule is COCCN(CCOC)S(=O)N1CCN(Cc2cccc(C(=O)Nc3sc4c(c3C(=O)Nc3cc(F)c(CCc5ccc(C(=O)O)cc5)c(F)c3)CCCC4)c2)C(C)(C)C1. The summed E-state index contributed by atoms with van der Waals surface area (Å²) < 4.78 is 58.6. The third-order valence-electron chi connectivity index (χ3n) is 11.0. The maximum absolute atomic E-state index is 15.3. The van der Waals surface area contributed by atoms with Gasteiger partial charge in [-0.15, -0.1) is 11.3 Å². The highest BCUT2D eigenvalue weighted by atomic mass is 32.2. The highest BCUT2D eigenvalue weighted by molar-refractivity contribution is 7.80. The summed E-state index contributed by atoms with van der Waals surface area (Å²) in [6.07, 6.45) is 3.55. The van der Waals surface area contributed by atoms with Crippen LogP contribution in [0.1, 0.15) is 84.9 Å². The predicted octanol–water partition coefficient (Wildman–Crippen LogP) is 6.96. The molecule has 2 heterocycles. The van der Waals surface area contributed by atoms with Crippen LogP contribution in [0.15, 0.2) is 60.7 Å². The number of halogens is 2.